The number of ether oxygens (including phenoxy) is 2. The van der Waals surface area contributed by atoms with Crippen LogP contribution in [0.5, 0.6) is 11.5 Å². The fourth-order valence-corrected chi connectivity index (χ4v) is 2.12. The molecule has 2 N–H and O–H groups in total. The van der Waals surface area contributed by atoms with Crippen molar-refractivity contribution < 1.29 is 19.1 Å². The first-order chi connectivity index (χ1) is 13.1. The van der Waals surface area contributed by atoms with Gasteiger partial charge in [0.1, 0.15) is 5.69 Å². The first kappa shape index (κ1) is 20.0. The highest BCUT2D eigenvalue weighted by Gasteiger charge is 2.07. The Morgan fingerprint density at radius 2 is 1.93 bits per heavy atom. The van der Waals surface area contributed by atoms with Crippen LogP contribution in [0.2, 0.25) is 0 Å². The molecule has 0 radical (unpaired) electrons. The topological polar surface area (TPSA) is 89.6 Å². The Hall–Kier alpha value is -3.35. The summed E-state index contributed by atoms with van der Waals surface area (Å²) in [5, 5.41) is 0. The number of nitrogens with one attached hydrogen (secondary N) is 2. The molecule has 2 aromatic rings. The minimum absolute atomic E-state index is 0.214. The Bertz CT molecular complexity index is 791. The Kier molecular flexibility index (Phi) is 7.84. The molecule has 0 aliphatic carbocycles. The van der Waals surface area contributed by atoms with Crippen LogP contribution in [-0.2, 0) is 4.79 Å². The van der Waals surface area contributed by atoms with Crippen LogP contribution >= 0.6 is 0 Å². The SMILES string of the molecule is CCCOc1ccc(/C=C/C(=O)NNC(=O)c2ccccn2)cc1OCC. The molecule has 0 spiro atoms. The lowest BCUT2D eigenvalue weighted by Crippen LogP contribution is -2.41. The van der Waals surface area contributed by atoms with E-state index in [1.54, 1.807) is 36.4 Å². The van der Waals surface area contributed by atoms with Gasteiger partial charge in [0.05, 0.1) is 13.2 Å². The van der Waals surface area contributed by atoms with E-state index in [0.29, 0.717) is 24.7 Å². The maximum atomic E-state index is 11.9. The molecule has 0 bridgehead atoms. The van der Waals surface area contributed by atoms with Gasteiger partial charge in [-0.05, 0) is 49.2 Å². The zero-order valence-corrected chi connectivity index (χ0v) is 15.4. The highest BCUT2D eigenvalue weighted by atomic mass is 16.5. The second kappa shape index (κ2) is 10.6. The van der Waals surface area contributed by atoms with Gasteiger partial charge in [0.25, 0.3) is 11.8 Å². The van der Waals surface area contributed by atoms with Crippen LogP contribution in [-0.4, -0.2) is 30.0 Å². The van der Waals surface area contributed by atoms with Gasteiger partial charge in [-0.3, -0.25) is 25.4 Å². The van der Waals surface area contributed by atoms with E-state index in [-0.39, 0.29) is 5.69 Å². The van der Waals surface area contributed by atoms with Crippen LogP contribution in [0.25, 0.3) is 6.08 Å². The predicted octanol–water partition coefficient (Wildman–Crippen LogP) is 2.74. The molecule has 0 atom stereocenters. The normalized spacial score (nSPS) is 10.4. The Morgan fingerprint density at radius 1 is 1.07 bits per heavy atom. The monoisotopic (exact) mass is 369 g/mol. The number of rotatable bonds is 8. The first-order valence-electron chi connectivity index (χ1n) is 8.73. The van der Waals surface area contributed by atoms with Crippen molar-refractivity contribution in [1.29, 1.82) is 0 Å². The van der Waals surface area contributed by atoms with Crippen LogP contribution in [0, 0.1) is 0 Å². The lowest BCUT2D eigenvalue weighted by Gasteiger charge is -2.12. The third-order valence-electron chi connectivity index (χ3n) is 3.35. The van der Waals surface area contributed by atoms with E-state index >= 15 is 0 Å². The van der Waals surface area contributed by atoms with Crippen LogP contribution in [0.3, 0.4) is 0 Å². The molecule has 0 unspecified atom stereocenters. The summed E-state index contributed by atoms with van der Waals surface area (Å²) in [6.45, 7) is 5.04. The molecule has 27 heavy (non-hydrogen) atoms. The highest BCUT2D eigenvalue weighted by molar-refractivity contribution is 5.96. The van der Waals surface area contributed by atoms with Crippen molar-refractivity contribution in [2.75, 3.05) is 13.2 Å². The molecule has 0 aliphatic rings. The van der Waals surface area contributed by atoms with Gasteiger partial charge in [0.15, 0.2) is 11.5 Å². The van der Waals surface area contributed by atoms with Crippen LogP contribution in [0.1, 0.15) is 36.3 Å². The summed E-state index contributed by atoms with van der Waals surface area (Å²) in [5.74, 6) is 0.330. The lowest BCUT2D eigenvalue weighted by molar-refractivity contribution is -0.117. The fraction of sp³-hybridized carbons (Fsp3) is 0.250. The molecule has 0 saturated carbocycles. The summed E-state index contributed by atoms with van der Waals surface area (Å²) in [5.41, 5.74) is 5.60. The summed E-state index contributed by atoms with van der Waals surface area (Å²) in [7, 11) is 0. The number of carbonyl (C=O) groups is 2. The molecule has 2 rings (SSSR count). The van der Waals surface area contributed by atoms with Gasteiger partial charge in [0.2, 0.25) is 0 Å². The van der Waals surface area contributed by atoms with Gasteiger partial charge in [-0.1, -0.05) is 19.1 Å². The number of hydrogen-bond acceptors (Lipinski definition) is 5. The highest BCUT2D eigenvalue weighted by Crippen LogP contribution is 2.29. The molecule has 1 aromatic carbocycles. The standard InChI is InChI=1S/C20H23N3O4/c1-3-13-27-17-10-8-15(14-18(17)26-4-2)9-11-19(24)22-23-20(25)16-7-5-6-12-21-16/h5-12,14H,3-4,13H2,1-2H3,(H,22,24)(H,23,25)/b11-9+. The van der Waals surface area contributed by atoms with E-state index < -0.39 is 11.8 Å². The average molecular weight is 369 g/mol. The van der Waals surface area contributed by atoms with Gasteiger partial charge < -0.3 is 9.47 Å². The molecule has 0 fully saturated rings. The molecule has 1 heterocycles. The number of amides is 2. The van der Waals surface area contributed by atoms with Crippen LogP contribution in [0.15, 0.2) is 48.7 Å². The molecule has 142 valence electrons. The number of benzene rings is 1. The van der Waals surface area contributed by atoms with Crippen molar-refractivity contribution in [2.24, 2.45) is 0 Å². The summed E-state index contributed by atoms with van der Waals surface area (Å²) >= 11 is 0. The minimum atomic E-state index is -0.492. The molecule has 1 aromatic heterocycles. The Morgan fingerprint density at radius 3 is 2.63 bits per heavy atom. The third kappa shape index (κ3) is 6.47. The maximum absolute atomic E-state index is 11.9. The van der Waals surface area contributed by atoms with E-state index in [0.717, 1.165) is 12.0 Å². The summed E-state index contributed by atoms with van der Waals surface area (Å²) < 4.78 is 11.2. The lowest BCUT2D eigenvalue weighted by atomic mass is 10.2. The zero-order valence-electron chi connectivity index (χ0n) is 15.4. The average Bonchev–Trinajstić information content (AvgIpc) is 2.70. The van der Waals surface area contributed by atoms with Gasteiger partial charge in [-0.2, -0.15) is 0 Å². The van der Waals surface area contributed by atoms with Crippen molar-refractivity contribution in [3.63, 3.8) is 0 Å². The van der Waals surface area contributed by atoms with Gasteiger partial charge in [-0.25, -0.2) is 0 Å². The van der Waals surface area contributed by atoms with Crippen molar-refractivity contribution in [3.05, 3.63) is 59.9 Å². The van der Waals surface area contributed by atoms with Crippen molar-refractivity contribution in [2.45, 2.75) is 20.3 Å². The van der Waals surface area contributed by atoms with Gasteiger partial charge in [-0.15, -0.1) is 0 Å². The first-order valence-corrected chi connectivity index (χ1v) is 8.73. The van der Waals surface area contributed by atoms with E-state index in [1.165, 1.54) is 12.3 Å². The number of nitrogens with zero attached hydrogens (tertiary/aromatic N) is 1. The van der Waals surface area contributed by atoms with Crippen molar-refractivity contribution in [3.8, 4) is 11.5 Å². The van der Waals surface area contributed by atoms with Gasteiger partial charge >= 0.3 is 0 Å². The van der Waals surface area contributed by atoms with Gasteiger partial charge in [0, 0.05) is 12.3 Å². The third-order valence-corrected chi connectivity index (χ3v) is 3.35. The second-order valence-electron chi connectivity index (χ2n) is 5.48. The fourth-order valence-electron chi connectivity index (χ4n) is 2.12. The number of carbonyl (C=O) groups excluding carboxylic acids is 2. The van der Waals surface area contributed by atoms with E-state index in [4.69, 9.17) is 9.47 Å². The molecule has 7 heteroatoms. The van der Waals surface area contributed by atoms with E-state index in [1.807, 2.05) is 19.9 Å². The molecule has 7 nitrogen and oxygen atoms in total. The smallest absolute Gasteiger partial charge is 0.288 e. The minimum Gasteiger partial charge on any atom is -0.490 e. The summed E-state index contributed by atoms with van der Waals surface area (Å²) in [4.78, 5) is 27.6. The Labute approximate surface area is 158 Å². The van der Waals surface area contributed by atoms with Crippen LogP contribution < -0.4 is 20.3 Å². The molecule has 2 amide bonds. The second-order valence-corrected chi connectivity index (χ2v) is 5.48. The summed E-state index contributed by atoms with van der Waals surface area (Å²) in [6.07, 6.45) is 5.34. The van der Waals surface area contributed by atoms with E-state index in [2.05, 4.69) is 15.8 Å². The molecular formula is C20H23N3O4. The molecular weight excluding hydrogens is 346 g/mol. The zero-order chi connectivity index (χ0) is 19.5. The quantitative estimate of drug-likeness (QED) is 0.552. The predicted molar refractivity (Wildman–Crippen MR) is 102 cm³/mol. The van der Waals surface area contributed by atoms with E-state index in [9.17, 15) is 9.59 Å². The molecule has 0 aliphatic heterocycles. The van der Waals surface area contributed by atoms with Crippen molar-refractivity contribution >= 4 is 17.9 Å². The van der Waals surface area contributed by atoms with Crippen molar-refractivity contribution in [1.82, 2.24) is 15.8 Å². The maximum Gasteiger partial charge on any atom is 0.288 e. The number of aromatic nitrogens is 1. The number of pyridine rings is 1. The number of hydrazine groups is 1. The summed E-state index contributed by atoms with van der Waals surface area (Å²) in [6, 6.07) is 10.4. The number of hydrogen-bond donors (Lipinski definition) is 2. The Balaban J connectivity index is 1.94. The van der Waals surface area contributed by atoms with Crippen LogP contribution in [0.4, 0.5) is 0 Å². The largest absolute Gasteiger partial charge is 0.490 e. The molecule has 0 saturated heterocycles.